The number of ether oxygens (including phenoxy) is 1. The summed E-state index contributed by atoms with van der Waals surface area (Å²) in [5.74, 6) is 0.344. The molecule has 4 aromatic carbocycles. The number of hydrogen-bond acceptors (Lipinski definition) is 3. The number of nitrogens with one attached hydrogen (secondary N) is 1. The zero-order chi connectivity index (χ0) is 27.8. The number of hydrogen-bond donors (Lipinski definition) is 1. The highest BCUT2D eigenvalue weighted by Gasteiger charge is 2.31. The Morgan fingerprint density at radius 2 is 1.64 bits per heavy atom. The third kappa shape index (κ3) is 7.84. The number of nitrogens with zero attached hydrogens (tertiary/aromatic N) is 1. The summed E-state index contributed by atoms with van der Waals surface area (Å²) in [5, 5.41) is 5.66. The van der Waals surface area contributed by atoms with Crippen molar-refractivity contribution in [2.45, 2.75) is 32.9 Å². The predicted octanol–water partition coefficient (Wildman–Crippen LogP) is 7.05. The number of amides is 2. The van der Waals surface area contributed by atoms with Crippen LogP contribution in [0.4, 0.5) is 0 Å². The van der Waals surface area contributed by atoms with Crippen molar-refractivity contribution in [3.05, 3.63) is 112 Å². The molecule has 0 saturated heterocycles. The minimum Gasteiger partial charge on any atom is -0.483 e. The van der Waals surface area contributed by atoms with Crippen molar-refractivity contribution in [3.8, 4) is 5.75 Å². The van der Waals surface area contributed by atoms with Crippen molar-refractivity contribution in [3.63, 3.8) is 0 Å². The van der Waals surface area contributed by atoms with Gasteiger partial charge in [-0.05, 0) is 61.9 Å². The molecule has 39 heavy (non-hydrogen) atoms. The Morgan fingerprint density at radius 3 is 2.38 bits per heavy atom. The highest BCUT2D eigenvalue weighted by Crippen LogP contribution is 2.33. The normalized spacial score (nSPS) is 11.8. The summed E-state index contributed by atoms with van der Waals surface area (Å²) in [6.45, 7) is 4.59. The van der Waals surface area contributed by atoms with E-state index in [2.05, 4.69) is 21.2 Å². The van der Waals surface area contributed by atoms with Gasteiger partial charge in [0.2, 0.25) is 5.91 Å². The topological polar surface area (TPSA) is 58.6 Å². The van der Waals surface area contributed by atoms with Gasteiger partial charge in [-0.2, -0.15) is 0 Å². The lowest BCUT2D eigenvalue weighted by molar-refractivity contribution is -0.142. The highest BCUT2D eigenvalue weighted by molar-refractivity contribution is 9.10. The summed E-state index contributed by atoms with van der Waals surface area (Å²) < 4.78 is 6.81. The van der Waals surface area contributed by atoms with Gasteiger partial charge >= 0.3 is 0 Å². The number of fused-ring (bicyclic) bond motifs is 1. The molecule has 0 aliphatic carbocycles. The first-order valence-electron chi connectivity index (χ1n) is 13.0. The fraction of sp³-hybridized carbons (Fsp3) is 0.250. The molecular weight excluding hydrogens is 576 g/mol. The number of halogens is 2. The van der Waals surface area contributed by atoms with Gasteiger partial charge in [-0.3, -0.25) is 9.59 Å². The van der Waals surface area contributed by atoms with Crippen LogP contribution in [0.3, 0.4) is 0 Å². The van der Waals surface area contributed by atoms with Crippen LogP contribution in [0.15, 0.2) is 95.5 Å². The number of carbonyl (C=O) groups excluding carboxylic acids is 2. The smallest absolute Gasteiger partial charge is 0.261 e. The molecule has 0 heterocycles. The first-order chi connectivity index (χ1) is 18.8. The van der Waals surface area contributed by atoms with Gasteiger partial charge in [0.15, 0.2) is 6.61 Å². The Kier molecular flexibility index (Phi) is 10.0. The average Bonchev–Trinajstić information content (AvgIpc) is 2.94. The minimum atomic E-state index is -0.735. The van der Waals surface area contributed by atoms with Crippen LogP contribution < -0.4 is 10.1 Å². The summed E-state index contributed by atoms with van der Waals surface area (Å²) in [6.07, 6.45) is 0.372. The molecule has 5 nitrogen and oxygen atoms in total. The van der Waals surface area contributed by atoms with E-state index < -0.39 is 6.04 Å². The van der Waals surface area contributed by atoms with Gasteiger partial charge in [-0.15, -0.1) is 0 Å². The molecule has 0 radical (unpaired) electrons. The maximum atomic E-state index is 13.8. The zero-order valence-corrected chi connectivity index (χ0v) is 24.4. The first kappa shape index (κ1) is 28.7. The van der Waals surface area contributed by atoms with Crippen LogP contribution in [0, 0.1) is 5.92 Å². The van der Waals surface area contributed by atoms with E-state index in [9.17, 15) is 9.59 Å². The lowest BCUT2D eigenvalue weighted by Gasteiger charge is -2.32. The van der Waals surface area contributed by atoms with Crippen LogP contribution in [0.1, 0.15) is 25.0 Å². The Bertz CT molecular complexity index is 1430. The van der Waals surface area contributed by atoms with E-state index in [-0.39, 0.29) is 30.9 Å². The third-order valence-electron chi connectivity index (χ3n) is 6.38. The second-order valence-corrected chi connectivity index (χ2v) is 11.1. The van der Waals surface area contributed by atoms with Crippen molar-refractivity contribution in [1.29, 1.82) is 0 Å². The minimum absolute atomic E-state index is 0.199. The number of benzene rings is 4. The van der Waals surface area contributed by atoms with Gasteiger partial charge < -0.3 is 15.0 Å². The second-order valence-electron chi connectivity index (χ2n) is 9.88. The summed E-state index contributed by atoms with van der Waals surface area (Å²) in [6, 6.07) is 28.1. The largest absolute Gasteiger partial charge is 0.483 e. The molecule has 0 aromatic heterocycles. The van der Waals surface area contributed by atoms with Crippen LogP contribution in [0.25, 0.3) is 10.8 Å². The van der Waals surface area contributed by atoms with Gasteiger partial charge in [0.05, 0.1) is 4.47 Å². The molecule has 0 aliphatic rings. The van der Waals surface area contributed by atoms with Crippen molar-refractivity contribution >= 4 is 50.1 Å². The molecule has 7 heteroatoms. The van der Waals surface area contributed by atoms with Crippen LogP contribution in [0.5, 0.6) is 5.75 Å². The number of rotatable bonds is 11. The summed E-state index contributed by atoms with van der Waals surface area (Å²) in [5.41, 5.74) is 1.79. The fourth-order valence-corrected chi connectivity index (χ4v) is 5.18. The second kappa shape index (κ2) is 13.6. The molecule has 4 rings (SSSR count). The van der Waals surface area contributed by atoms with E-state index in [1.54, 1.807) is 11.0 Å². The standard InChI is InChI=1S/C32H32BrClN2O3/c1-22(2)19-35-32(38)28(18-23-9-4-3-5-10-23)36(20-24-11-8-13-26(34)17-24)30(37)21-39-29-16-15-25-12-6-7-14-27(25)31(29)33/h3-17,22,28H,18-21H2,1-2H3,(H,35,38). The van der Waals surface area contributed by atoms with E-state index in [0.29, 0.717) is 23.7 Å². The summed E-state index contributed by atoms with van der Waals surface area (Å²) in [4.78, 5) is 29.0. The van der Waals surface area contributed by atoms with Crippen LogP contribution >= 0.6 is 27.5 Å². The van der Waals surface area contributed by atoms with E-state index in [0.717, 1.165) is 26.4 Å². The van der Waals surface area contributed by atoms with Gasteiger partial charge in [0, 0.05) is 24.5 Å². The van der Waals surface area contributed by atoms with Crippen molar-refractivity contribution < 1.29 is 14.3 Å². The number of carbonyl (C=O) groups is 2. The molecule has 1 N–H and O–H groups in total. The lowest BCUT2D eigenvalue weighted by Crippen LogP contribution is -2.52. The van der Waals surface area contributed by atoms with Crippen molar-refractivity contribution in [2.75, 3.05) is 13.2 Å². The van der Waals surface area contributed by atoms with Crippen LogP contribution in [0.2, 0.25) is 5.02 Å². The monoisotopic (exact) mass is 606 g/mol. The van der Waals surface area contributed by atoms with Crippen LogP contribution in [-0.4, -0.2) is 35.9 Å². The highest BCUT2D eigenvalue weighted by atomic mass is 79.9. The molecule has 2 amide bonds. The fourth-order valence-electron chi connectivity index (χ4n) is 4.36. The van der Waals surface area contributed by atoms with E-state index in [1.165, 1.54) is 0 Å². The van der Waals surface area contributed by atoms with Crippen molar-refractivity contribution in [1.82, 2.24) is 10.2 Å². The molecule has 0 aliphatic heterocycles. The van der Waals surface area contributed by atoms with Gasteiger partial charge in [-0.1, -0.05) is 98.2 Å². The van der Waals surface area contributed by atoms with Crippen LogP contribution in [-0.2, 0) is 22.6 Å². The van der Waals surface area contributed by atoms with Gasteiger partial charge in [0.1, 0.15) is 11.8 Å². The molecule has 0 fully saturated rings. The molecule has 4 aromatic rings. The maximum Gasteiger partial charge on any atom is 0.261 e. The predicted molar refractivity (Wildman–Crippen MR) is 161 cm³/mol. The molecule has 202 valence electrons. The SMILES string of the molecule is CC(C)CNC(=O)C(Cc1ccccc1)N(Cc1cccc(Cl)c1)C(=O)COc1ccc2ccccc2c1Br. The Morgan fingerprint density at radius 1 is 0.923 bits per heavy atom. The molecule has 1 unspecified atom stereocenters. The summed E-state index contributed by atoms with van der Waals surface area (Å²) in [7, 11) is 0. The molecule has 0 bridgehead atoms. The third-order valence-corrected chi connectivity index (χ3v) is 7.43. The Hall–Kier alpha value is -3.35. The van der Waals surface area contributed by atoms with E-state index >= 15 is 0 Å². The maximum absolute atomic E-state index is 13.8. The first-order valence-corrected chi connectivity index (χ1v) is 14.1. The molecule has 1 atom stereocenters. The van der Waals surface area contributed by atoms with E-state index in [1.807, 2.05) is 98.8 Å². The molecule has 0 saturated carbocycles. The quantitative estimate of drug-likeness (QED) is 0.199. The average molecular weight is 608 g/mol. The van der Waals surface area contributed by atoms with Gasteiger partial charge in [0.25, 0.3) is 5.91 Å². The summed E-state index contributed by atoms with van der Waals surface area (Å²) >= 11 is 9.89. The Labute approximate surface area is 243 Å². The van der Waals surface area contributed by atoms with E-state index in [4.69, 9.17) is 16.3 Å². The lowest BCUT2D eigenvalue weighted by atomic mass is 10.0. The zero-order valence-electron chi connectivity index (χ0n) is 22.1. The molecular formula is C32H32BrClN2O3. The molecule has 0 spiro atoms. The van der Waals surface area contributed by atoms with Gasteiger partial charge in [-0.25, -0.2) is 0 Å². The Balaban J connectivity index is 1.63. The van der Waals surface area contributed by atoms with Crippen molar-refractivity contribution in [2.24, 2.45) is 5.92 Å².